The lowest BCUT2D eigenvalue weighted by molar-refractivity contribution is 0.878. The smallest absolute Gasteiger partial charge is 0.0660 e. The number of rotatable bonds is 2. The van der Waals surface area contributed by atoms with Crippen LogP contribution in [0.4, 0.5) is 0 Å². The van der Waals surface area contributed by atoms with E-state index in [0.29, 0.717) is 0 Å². The molecule has 2 N–H and O–H groups in total. The average molecular weight is 317 g/mol. The summed E-state index contributed by atoms with van der Waals surface area (Å²) >= 11 is 11.3. The third-order valence-corrected chi connectivity index (χ3v) is 4.94. The first-order chi connectivity index (χ1) is 7.61. The van der Waals surface area contributed by atoms with Crippen LogP contribution >= 0.6 is 38.9 Å². The number of thiophene rings is 1. The van der Waals surface area contributed by atoms with E-state index in [4.69, 9.17) is 17.3 Å². The number of nitrogens with two attached hydrogens (primary N) is 1. The second kappa shape index (κ2) is 4.88. The van der Waals surface area contributed by atoms with Gasteiger partial charge in [-0.1, -0.05) is 23.7 Å². The molecular weight excluding hydrogens is 306 g/mol. The zero-order valence-corrected chi connectivity index (χ0v) is 11.9. The van der Waals surface area contributed by atoms with Crippen molar-refractivity contribution in [1.82, 2.24) is 0 Å². The van der Waals surface area contributed by atoms with Gasteiger partial charge in [0.05, 0.1) is 6.04 Å². The standard InChI is InChI=1S/C12H11BrClNS/c1-7-8(3-2-4-10(7)14)11(15)12-9(13)5-6-16-12/h2-6,11H,15H2,1H3. The van der Waals surface area contributed by atoms with Crippen LogP contribution in [0.5, 0.6) is 0 Å². The van der Waals surface area contributed by atoms with Crippen molar-refractivity contribution in [3.63, 3.8) is 0 Å². The average Bonchev–Trinajstić information content (AvgIpc) is 2.68. The van der Waals surface area contributed by atoms with Gasteiger partial charge in [0.15, 0.2) is 0 Å². The Morgan fingerprint density at radius 3 is 2.75 bits per heavy atom. The van der Waals surface area contributed by atoms with Gasteiger partial charge < -0.3 is 5.73 Å². The quantitative estimate of drug-likeness (QED) is 0.866. The van der Waals surface area contributed by atoms with E-state index in [1.165, 1.54) is 0 Å². The highest BCUT2D eigenvalue weighted by Gasteiger charge is 2.16. The first kappa shape index (κ1) is 12.1. The van der Waals surface area contributed by atoms with E-state index in [1.54, 1.807) is 11.3 Å². The van der Waals surface area contributed by atoms with Crippen molar-refractivity contribution in [3.8, 4) is 0 Å². The molecule has 0 spiro atoms. The molecule has 0 aliphatic carbocycles. The molecule has 4 heteroatoms. The van der Waals surface area contributed by atoms with Crippen LogP contribution in [0.25, 0.3) is 0 Å². The van der Waals surface area contributed by atoms with Gasteiger partial charge in [-0.25, -0.2) is 0 Å². The minimum atomic E-state index is -0.118. The summed E-state index contributed by atoms with van der Waals surface area (Å²) in [6, 6.07) is 7.74. The molecule has 1 atom stereocenters. The molecule has 0 bridgehead atoms. The fraction of sp³-hybridized carbons (Fsp3) is 0.167. The predicted molar refractivity (Wildman–Crippen MR) is 74.2 cm³/mol. The summed E-state index contributed by atoms with van der Waals surface area (Å²) in [4.78, 5) is 1.13. The third kappa shape index (κ3) is 2.18. The summed E-state index contributed by atoms with van der Waals surface area (Å²) in [6.07, 6.45) is 0. The van der Waals surface area contributed by atoms with Crippen LogP contribution in [0.15, 0.2) is 34.1 Å². The Balaban J connectivity index is 2.46. The normalized spacial score (nSPS) is 12.8. The van der Waals surface area contributed by atoms with Crippen molar-refractivity contribution in [2.75, 3.05) is 0 Å². The molecular formula is C12H11BrClNS. The highest BCUT2D eigenvalue weighted by Crippen LogP contribution is 2.34. The van der Waals surface area contributed by atoms with Crippen LogP contribution in [0.3, 0.4) is 0 Å². The predicted octanol–water partition coefficient (Wildman–Crippen LogP) is 4.52. The van der Waals surface area contributed by atoms with E-state index < -0.39 is 0 Å². The lowest BCUT2D eigenvalue weighted by Gasteiger charge is -2.14. The minimum Gasteiger partial charge on any atom is -0.320 e. The molecule has 0 saturated heterocycles. The Hall–Kier alpha value is -0.350. The van der Waals surface area contributed by atoms with Crippen LogP contribution in [0.1, 0.15) is 22.0 Å². The lowest BCUT2D eigenvalue weighted by atomic mass is 10.0. The third-order valence-electron chi connectivity index (χ3n) is 2.57. The number of hydrogen-bond donors (Lipinski definition) is 1. The molecule has 1 nitrogen and oxygen atoms in total. The molecule has 2 rings (SSSR count). The monoisotopic (exact) mass is 315 g/mol. The zero-order valence-electron chi connectivity index (χ0n) is 8.71. The molecule has 1 unspecified atom stereocenters. The van der Waals surface area contributed by atoms with Gasteiger partial charge in [-0.05, 0) is 51.5 Å². The highest BCUT2D eigenvalue weighted by molar-refractivity contribution is 9.10. The summed E-state index contributed by atoms with van der Waals surface area (Å²) in [5.74, 6) is 0. The Morgan fingerprint density at radius 1 is 1.38 bits per heavy atom. The van der Waals surface area contributed by atoms with Crippen LogP contribution < -0.4 is 5.73 Å². The highest BCUT2D eigenvalue weighted by atomic mass is 79.9. The fourth-order valence-corrected chi connectivity index (χ4v) is 3.45. The van der Waals surface area contributed by atoms with Crippen molar-refractivity contribution < 1.29 is 0 Å². The number of benzene rings is 1. The SMILES string of the molecule is Cc1c(Cl)cccc1C(N)c1sccc1Br. The van der Waals surface area contributed by atoms with E-state index in [0.717, 1.165) is 25.5 Å². The molecule has 0 saturated carbocycles. The van der Waals surface area contributed by atoms with E-state index in [1.807, 2.05) is 36.6 Å². The van der Waals surface area contributed by atoms with Crippen molar-refractivity contribution in [2.45, 2.75) is 13.0 Å². The summed E-state index contributed by atoms with van der Waals surface area (Å²) in [6.45, 7) is 2.00. The van der Waals surface area contributed by atoms with E-state index in [9.17, 15) is 0 Å². The van der Waals surface area contributed by atoms with Crippen LogP contribution in [0.2, 0.25) is 5.02 Å². The largest absolute Gasteiger partial charge is 0.320 e. The molecule has 0 amide bonds. The van der Waals surface area contributed by atoms with Crippen LogP contribution in [-0.2, 0) is 0 Å². The van der Waals surface area contributed by atoms with Gasteiger partial charge in [-0.15, -0.1) is 11.3 Å². The summed E-state index contributed by atoms with van der Waals surface area (Å²) in [5.41, 5.74) is 8.39. The molecule has 1 aromatic heterocycles. The summed E-state index contributed by atoms with van der Waals surface area (Å²) in [5, 5.41) is 2.79. The Kier molecular flexibility index (Phi) is 3.70. The van der Waals surface area contributed by atoms with Gasteiger partial charge in [-0.3, -0.25) is 0 Å². The first-order valence-electron chi connectivity index (χ1n) is 4.84. The molecule has 2 aromatic rings. The summed E-state index contributed by atoms with van der Waals surface area (Å²) in [7, 11) is 0. The van der Waals surface area contributed by atoms with E-state index >= 15 is 0 Å². The number of hydrogen-bond acceptors (Lipinski definition) is 2. The Morgan fingerprint density at radius 2 is 2.12 bits per heavy atom. The molecule has 0 fully saturated rings. The van der Waals surface area contributed by atoms with Crippen LogP contribution in [-0.4, -0.2) is 0 Å². The van der Waals surface area contributed by atoms with Crippen molar-refractivity contribution >= 4 is 38.9 Å². The van der Waals surface area contributed by atoms with E-state index in [2.05, 4.69) is 15.9 Å². The van der Waals surface area contributed by atoms with Crippen molar-refractivity contribution in [1.29, 1.82) is 0 Å². The van der Waals surface area contributed by atoms with Crippen molar-refractivity contribution in [2.24, 2.45) is 5.73 Å². The minimum absolute atomic E-state index is 0.118. The van der Waals surface area contributed by atoms with Gasteiger partial charge in [-0.2, -0.15) is 0 Å². The molecule has 0 radical (unpaired) electrons. The van der Waals surface area contributed by atoms with Gasteiger partial charge >= 0.3 is 0 Å². The van der Waals surface area contributed by atoms with Crippen molar-refractivity contribution in [3.05, 3.63) is 55.1 Å². The van der Waals surface area contributed by atoms with Gasteiger partial charge in [0.2, 0.25) is 0 Å². The van der Waals surface area contributed by atoms with E-state index in [-0.39, 0.29) is 6.04 Å². The lowest BCUT2D eigenvalue weighted by Crippen LogP contribution is -2.12. The molecule has 1 heterocycles. The Labute approximate surface area is 112 Å². The van der Waals surface area contributed by atoms with Gasteiger partial charge in [0.25, 0.3) is 0 Å². The second-order valence-electron chi connectivity index (χ2n) is 3.56. The first-order valence-corrected chi connectivity index (χ1v) is 6.90. The molecule has 1 aromatic carbocycles. The molecule has 16 heavy (non-hydrogen) atoms. The molecule has 0 aliphatic heterocycles. The topological polar surface area (TPSA) is 26.0 Å². The summed E-state index contributed by atoms with van der Waals surface area (Å²) < 4.78 is 1.06. The fourth-order valence-electron chi connectivity index (χ4n) is 1.63. The second-order valence-corrected chi connectivity index (χ2v) is 5.77. The molecule has 0 aliphatic rings. The van der Waals surface area contributed by atoms with Gasteiger partial charge in [0, 0.05) is 14.4 Å². The number of halogens is 2. The molecule has 84 valence electrons. The maximum Gasteiger partial charge on any atom is 0.0660 e. The van der Waals surface area contributed by atoms with Crippen LogP contribution in [0, 0.1) is 6.92 Å². The van der Waals surface area contributed by atoms with Gasteiger partial charge in [0.1, 0.15) is 0 Å². The zero-order chi connectivity index (χ0) is 11.7. The maximum atomic E-state index is 6.25. The maximum absolute atomic E-state index is 6.25. The Bertz CT molecular complexity index is 509.